The summed E-state index contributed by atoms with van der Waals surface area (Å²) >= 11 is 0. The van der Waals surface area contributed by atoms with Gasteiger partial charge in [-0.3, -0.25) is 9.59 Å². The average molecular weight is 428 g/mol. The van der Waals surface area contributed by atoms with Crippen LogP contribution in [0.1, 0.15) is 44.9 Å². The van der Waals surface area contributed by atoms with Crippen LogP contribution in [0.4, 0.5) is 5.69 Å². The number of likely N-dealkylation sites (N-methyl/N-ethyl adjacent to an activating group) is 1. The lowest BCUT2D eigenvalue weighted by atomic mass is 9.81. The highest BCUT2D eigenvalue weighted by Gasteiger charge is 2.40. The second-order valence-corrected chi connectivity index (χ2v) is 8.92. The third-order valence-electron chi connectivity index (χ3n) is 7.01. The molecule has 4 rings (SSSR count). The predicted molar refractivity (Wildman–Crippen MR) is 114 cm³/mol. The van der Waals surface area contributed by atoms with Crippen molar-refractivity contribution in [3.8, 4) is 17.6 Å². The number of likely N-dealkylation sites (tertiary alicyclic amines) is 1. The second kappa shape index (κ2) is 9.15. The van der Waals surface area contributed by atoms with Crippen LogP contribution in [0.3, 0.4) is 0 Å². The molecule has 0 radical (unpaired) electrons. The van der Waals surface area contributed by atoms with Crippen molar-refractivity contribution in [1.29, 1.82) is 5.26 Å². The molecular formula is C23H31N4O4+. The fourth-order valence-electron chi connectivity index (χ4n) is 4.91. The number of amides is 2. The quantitative estimate of drug-likeness (QED) is 0.739. The van der Waals surface area contributed by atoms with Crippen LogP contribution in [0.15, 0.2) is 18.2 Å². The fourth-order valence-corrected chi connectivity index (χ4v) is 4.91. The molecule has 166 valence electrons. The first-order valence-corrected chi connectivity index (χ1v) is 11.2. The average Bonchev–Trinajstić information content (AvgIpc) is 3.27. The molecule has 0 bridgehead atoms. The standard InChI is InChI=1S/C23H30N4O4/c1-26(23(15-24)9-3-2-4-10-23)21(28)14-27-11-7-17(8-12-27)22(29)25-18-5-6-19-20(13-18)31-16-30-19/h5-6,13,17H,2-4,7-12,14,16H2,1H3,(H,25,29)/p+1. The van der Waals surface area contributed by atoms with E-state index in [4.69, 9.17) is 9.47 Å². The Balaban J connectivity index is 1.26. The minimum atomic E-state index is -0.641. The molecule has 1 saturated carbocycles. The van der Waals surface area contributed by atoms with Crippen LogP contribution in [-0.2, 0) is 9.59 Å². The minimum absolute atomic E-state index is 0.00648. The number of carbonyl (C=O) groups is 2. The molecule has 0 atom stereocenters. The molecule has 2 aliphatic heterocycles. The first-order valence-electron chi connectivity index (χ1n) is 11.2. The molecule has 8 nitrogen and oxygen atoms in total. The van der Waals surface area contributed by atoms with Crippen molar-refractivity contribution in [1.82, 2.24) is 4.90 Å². The third-order valence-corrected chi connectivity index (χ3v) is 7.01. The van der Waals surface area contributed by atoms with E-state index in [1.54, 1.807) is 24.1 Å². The van der Waals surface area contributed by atoms with Gasteiger partial charge in [0.25, 0.3) is 5.91 Å². The molecule has 2 fully saturated rings. The molecule has 0 unspecified atom stereocenters. The van der Waals surface area contributed by atoms with Gasteiger partial charge in [-0.2, -0.15) is 5.26 Å². The number of hydrogen-bond donors (Lipinski definition) is 2. The van der Waals surface area contributed by atoms with E-state index in [1.165, 1.54) is 4.90 Å². The van der Waals surface area contributed by atoms with Gasteiger partial charge in [0.05, 0.1) is 19.2 Å². The van der Waals surface area contributed by atoms with Crippen molar-refractivity contribution in [2.75, 3.05) is 38.8 Å². The van der Waals surface area contributed by atoms with Crippen LogP contribution < -0.4 is 19.7 Å². The maximum absolute atomic E-state index is 12.9. The number of hydrogen-bond acceptors (Lipinski definition) is 5. The summed E-state index contributed by atoms with van der Waals surface area (Å²) in [5, 5.41) is 12.7. The maximum atomic E-state index is 12.9. The van der Waals surface area contributed by atoms with Crippen LogP contribution >= 0.6 is 0 Å². The van der Waals surface area contributed by atoms with Gasteiger partial charge >= 0.3 is 0 Å². The van der Waals surface area contributed by atoms with Crippen LogP contribution in [0.25, 0.3) is 0 Å². The van der Waals surface area contributed by atoms with Gasteiger partial charge in [0.1, 0.15) is 5.54 Å². The molecular weight excluding hydrogens is 396 g/mol. The highest BCUT2D eigenvalue weighted by Crippen LogP contribution is 2.34. The van der Waals surface area contributed by atoms with E-state index in [-0.39, 0.29) is 24.5 Å². The summed E-state index contributed by atoms with van der Waals surface area (Å²) in [6.45, 7) is 2.14. The summed E-state index contributed by atoms with van der Waals surface area (Å²) in [5.74, 6) is 1.31. The van der Waals surface area contributed by atoms with Gasteiger partial charge in [-0.25, -0.2) is 0 Å². The fraction of sp³-hybridized carbons (Fsp3) is 0.609. The van der Waals surface area contributed by atoms with Crippen molar-refractivity contribution in [2.24, 2.45) is 5.92 Å². The predicted octanol–water partition coefficient (Wildman–Crippen LogP) is 1.33. The van der Waals surface area contributed by atoms with Crippen molar-refractivity contribution >= 4 is 17.5 Å². The van der Waals surface area contributed by atoms with Crippen LogP contribution in [0, 0.1) is 17.2 Å². The molecule has 2 N–H and O–H groups in total. The number of nitrogens with one attached hydrogen (secondary N) is 2. The zero-order valence-electron chi connectivity index (χ0n) is 18.1. The van der Waals surface area contributed by atoms with E-state index < -0.39 is 5.54 Å². The molecule has 2 amide bonds. The van der Waals surface area contributed by atoms with Gasteiger partial charge in [0.15, 0.2) is 18.0 Å². The molecule has 0 spiro atoms. The number of carbonyl (C=O) groups excluding carboxylic acids is 2. The first-order chi connectivity index (χ1) is 15.0. The number of piperidine rings is 1. The van der Waals surface area contributed by atoms with Gasteiger partial charge in [-0.15, -0.1) is 0 Å². The minimum Gasteiger partial charge on any atom is -0.454 e. The summed E-state index contributed by atoms with van der Waals surface area (Å²) in [7, 11) is 1.78. The Morgan fingerprint density at radius 1 is 1.19 bits per heavy atom. The number of nitrogens with zero attached hydrogens (tertiary/aromatic N) is 2. The van der Waals surface area contributed by atoms with Gasteiger partial charge in [-0.1, -0.05) is 19.3 Å². The Morgan fingerprint density at radius 2 is 1.90 bits per heavy atom. The summed E-state index contributed by atoms with van der Waals surface area (Å²) in [6, 6.07) is 7.82. The number of anilines is 1. The SMILES string of the molecule is CN(C(=O)C[NH+]1CCC(C(=O)Nc2ccc3c(c2)OCO3)CC1)C1(C#N)CCCCC1. The molecule has 0 aromatic heterocycles. The monoisotopic (exact) mass is 427 g/mol. The molecule has 2 heterocycles. The zero-order valence-corrected chi connectivity index (χ0v) is 18.1. The molecule has 3 aliphatic rings. The van der Waals surface area contributed by atoms with Crippen LogP contribution in [0.5, 0.6) is 11.5 Å². The first kappa shape index (κ1) is 21.4. The van der Waals surface area contributed by atoms with Gasteiger partial charge in [-0.05, 0) is 25.0 Å². The Bertz CT molecular complexity index is 867. The van der Waals surface area contributed by atoms with Gasteiger partial charge < -0.3 is 24.6 Å². The summed E-state index contributed by atoms with van der Waals surface area (Å²) in [5.41, 5.74) is 0.0625. The van der Waals surface area contributed by atoms with Crippen molar-refractivity contribution in [3.05, 3.63) is 18.2 Å². The molecule has 8 heteroatoms. The normalized spacial score (nSPS) is 24.1. The highest BCUT2D eigenvalue weighted by molar-refractivity contribution is 5.93. The zero-order chi connectivity index (χ0) is 21.8. The van der Waals surface area contributed by atoms with Crippen LogP contribution in [-0.4, -0.2) is 55.7 Å². The Labute approximate surface area is 183 Å². The van der Waals surface area contributed by atoms with E-state index in [9.17, 15) is 14.9 Å². The molecule has 1 aromatic carbocycles. The van der Waals surface area contributed by atoms with Gasteiger partial charge in [0, 0.05) is 37.6 Å². The molecule has 1 saturated heterocycles. The van der Waals surface area contributed by atoms with Crippen LogP contribution in [0.2, 0.25) is 0 Å². The van der Waals surface area contributed by atoms with Crippen molar-refractivity contribution < 1.29 is 24.0 Å². The summed E-state index contributed by atoms with van der Waals surface area (Å²) in [4.78, 5) is 28.4. The number of ether oxygens (including phenoxy) is 2. The van der Waals surface area contributed by atoms with E-state index in [2.05, 4.69) is 11.4 Å². The lowest BCUT2D eigenvalue weighted by molar-refractivity contribution is -0.898. The number of fused-ring (bicyclic) bond motifs is 1. The van der Waals surface area contributed by atoms with E-state index in [0.29, 0.717) is 23.7 Å². The summed E-state index contributed by atoms with van der Waals surface area (Å²) in [6.07, 6.45) is 6.16. The maximum Gasteiger partial charge on any atom is 0.278 e. The molecule has 1 aromatic rings. The molecule has 1 aliphatic carbocycles. The van der Waals surface area contributed by atoms with E-state index >= 15 is 0 Å². The smallest absolute Gasteiger partial charge is 0.278 e. The largest absolute Gasteiger partial charge is 0.454 e. The Hall–Kier alpha value is -2.79. The van der Waals surface area contributed by atoms with E-state index in [0.717, 1.165) is 58.0 Å². The lowest BCUT2D eigenvalue weighted by Gasteiger charge is -2.39. The Morgan fingerprint density at radius 3 is 2.61 bits per heavy atom. The lowest BCUT2D eigenvalue weighted by Crippen LogP contribution is -3.14. The molecule has 31 heavy (non-hydrogen) atoms. The number of nitriles is 1. The number of rotatable bonds is 5. The number of benzene rings is 1. The Kier molecular flexibility index (Phi) is 6.33. The summed E-state index contributed by atoms with van der Waals surface area (Å²) < 4.78 is 10.7. The van der Waals surface area contributed by atoms with E-state index in [1.807, 2.05) is 6.07 Å². The second-order valence-electron chi connectivity index (χ2n) is 8.92. The van der Waals surface area contributed by atoms with Gasteiger partial charge in [0.2, 0.25) is 12.7 Å². The highest BCUT2D eigenvalue weighted by atomic mass is 16.7. The third kappa shape index (κ3) is 4.62. The van der Waals surface area contributed by atoms with Crippen molar-refractivity contribution in [3.63, 3.8) is 0 Å². The number of quaternary nitrogens is 1. The van der Waals surface area contributed by atoms with Crippen molar-refractivity contribution in [2.45, 2.75) is 50.5 Å². The topological polar surface area (TPSA) is 96.1 Å².